The fourth-order valence-corrected chi connectivity index (χ4v) is 4.41. The maximum atomic E-state index is 13.6. The van der Waals surface area contributed by atoms with E-state index in [0.717, 1.165) is 33.6 Å². The summed E-state index contributed by atoms with van der Waals surface area (Å²) in [4.78, 5) is 28.6. The van der Waals surface area contributed by atoms with Gasteiger partial charge in [-0.05, 0) is 49.6 Å². The molecule has 196 valence electrons. The number of benzene rings is 3. The van der Waals surface area contributed by atoms with E-state index in [1.807, 2.05) is 80.6 Å². The highest BCUT2D eigenvalue weighted by Crippen LogP contribution is 2.28. The molecule has 0 aliphatic rings. The number of carbonyl (C=O) groups is 2. The third-order valence-corrected chi connectivity index (χ3v) is 6.54. The van der Waals surface area contributed by atoms with Crippen molar-refractivity contribution < 1.29 is 9.59 Å². The minimum Gasteiger partial charge on any atom is -0.325 e. The quantitative estimate of drug-likeness (QED) is 0.315. The van der Waals surface area contributed by atoms with Crippen LogP contribution in [-0.2, 0) is 16.8 Å². The van der Waals surface area contributed by atoms with Crippen molar-refractivity contribution in [3.05, 3.63) is 112 Å². The Morgan fingerprint density at radius 2 is 1.55 bits per heavy atom. The standard InChI is InChI=1S/C32H36N4O2/c1-22-16-17-27(24(3)18-22)36-29(19-28(34-36)32(4,5)6)33-30(37)21-35(20-25-13-8-7-9-14-25)31(38)26-15-11-10-12-23(26)2/h7-19H,20-21H2,1-6H3,(H,33,37). The third-order valence-electron chi connectivity index (χ3n) is 6.54. The Hall–Kier alpha value is -4.19. The van der Waals surface area contributed by atoms with Crippen LogP contribution in [-0.4, -0.2) is 33.0 Å². The maximum absolute atomic E-state index is 13.6. The smallest absolute Gasteiger partial charge is 0.254 e. The van der Waals surface area contributed by atoms with Gasteiger partial charge in [-0.25, -0.2) is 4.68 Å². The zero-order valence-electron chi connectivity index (χ0n) is 23.1. The Kier molecular flexibility index (Phi) is 7.81. The summed E-state index contributed by atoms with van der Waals surface area (Å²) in [6.07, 6.45) is 0. The topological polar surface area (TPSA) is 67.2 Å². The van der Waals surface area contributed by atoms with Crippen molar-refractivity contribution in [3.8, 4) is 5.69 Å². The molecular weight excluding hydrogens is 472 g/mol. The van der Waals surface area contributed by atoms with Gasteiger partial charge in [-0.15, -0.1) is 0 Å². The van der Waals surface area contributed by atoms with Crippen molar-refractivity contribution in [2.45, 2.75) is 53.5 Å². The van der Waals surface area contributed by atoms with Gasteiger partial charge in [0, 0.05) is 23.6 Å². The minimum atomic E-state index is -0.283. The molecule has 0 atom stereocenters. The normalized spacial score (nSPS) is 11.3. The molecule has 0 fully saturated rings. The predicted octanol–water partition coefficient (Wildman–Crippen LogP) is 6.38. The van der Waals surface area contributed by atoms with Gasteiger partial charge < -0.3 is 10.2 Å². The van der Waals surface area contributed by atoms with E-state index in [1.54, 1.807) is 15.6 Å². The first-order chi connectivity index (χ1) is 18.0. The fourth-order valence-electron chi connectivity index (χ4n) is 4.41. The molecule has 0 aliphatic carbocycles. The first-order valence-corrected chi connectivity index (χ1v) is 12.9. The minimum absolute atomic E-state index is 0.0923. The lowest BCUT2D eigenvalue weighted by Gasteiger charge is -2.23. The number of amides is 2. The number of hydrogen-bond donors (Lipinski definition) is 1. The van der Waals surface area contributed by atoms with Gasteiger partial charge in [0.25, 0.3) is 5.91 Å². The van der Waals surface area contributed by atoms with Crippen molar-refractivity contribution in [1.29, 1.82) is 0 Å². The van der Waals surface area contributed by atoms with Gasteiger partial charge in [0.2, 0.25) is 5.91 Å². The monoisotopic (exact) mass is 508 g/mol. The van der Waals surface area contributed by atoms with Gasteiger partial charge in [0.15, 0.2) is 0 Å². The Morgan fingerprint density at radius 3 is 2.21 bits per heavy atom. The molecule has 0 radical (unpaired) electrons. The Morgan fingerprint density at radius 1 is 0.868 bits per heavy atom. The van der Waals surface area contributed by atoms with E-state index in [2.05, 4.69) is 39.1 Å². The van der Waals surface area contributed by atoms with Crippen molar-refractivity contribution in [2.75, 3.05) is 11.9 Å². The number of carbonyl (C=O) groups excluding carboxylic acids is 2. The average molecular weight is 509 g/mol. The molecule has 1 N–H and O–H groups in total. The molecule has 0 bridgehead atoms. The summed E-state index contributed by atoms with van der Waals surface area (Å²) in [5.74, 6) is 0.115. The molecule has 0 aliphatic heterocycles. The van der Waals surface area contributed by atoms with Gasteiger partial charge in [0.1, 0.15) is 12.4 Å². The average Bonchev–Trinajstić information content (AvgIpc) is 3.28. The fraction of sp³-hybridized carbons (Fsp3) is 0.281. The molecule has 6 nitrogen and oxygen atoms in total. The van der Waals surface area contributed by atoms with Crippen LogP contribution in [0, 0.1) is 20.8 Å². The van der Waals surface area contributed by atoms with E-state index in [9.17, 15) is 9.59 Å². The van der Waals surface area contributed by atoms with Crippen LogP contribution < -0.4 is 5.32 Å². The van der Waals surface area contributed by atoms with Crippen LogP contribution >= 0.6 is 0 Å². The number of anilines is 1. The van der Waals surface area contributed by atoms with E-state index in [0.29, 0.717) is 17.9 Å². The van der Waals surface area contributed by atoms with Gasteiger partial charge >= 0.3 is 0 Å². The van der Waals surface area contributed by atoms with Gasteiger partial charge in [0.05, 0.1) is 11.4 Å². The molecule has 2 amide bonds. The van der Waals surface area contributed by atoms with E-state index in [-0.39, 0.29) is 23.8 Å². The second-order valence-electron chi connectivity index (χ2n) is 10.9. The molecule has 0 saturated carbocycles. The Balaban J connectivity index is 1.65. The zero-order chi connectivity index (χ0) is 27.4. The highest BCUT2D eigenvalue weighted by atomic mass is 16.2. The lowest BCUT2D eigenvalue weighted by molar-refractivity contribution is -0.117. The van der Waals surface area contributed by atoms with Crippen LogP contribution in [0.4, 0.5) is 5.82 Å². The SMILES string of the molecule is Cc1ccc(-n2nc(C(C)(C)C)cc2NC(=O)CN(Cc2ccccc2)C(=O)c2ccccc2C)c(C)c1. The summed E-state index contributed by atoms with van der Waals surface area (Å²) in [6, 6.07) is 25.3. The van der Waals surface area contributed by atoms with Crippen LogP contribution in [0.25, 0.3) is 5.69 Å². The molecule has 0 spiro atoms. The Labute approximate surface area is 225 Å². The molecule has 0 unspecified atom stereocenters. The molecule has 1 aromatic heterocycles. The lowest BCUT2D eigenvalue weighted by Crippen LogP contribution is -2.38. The van der Waals surface area contributed by atoms with Crippen LogP contribution in [0.2, 0.25) is 0 Å². The second kappa shape index (κ2) is 11.1. The number of aromatic nitrogens is 2. The molecular formula is C32H36N4O2. The number of nitrogens with one attached hydrogen (secondary N) is 1. The van der Waals surface area contributed by atoms with Gasteiger partial charge in [-0.2, -0.15) is 5.10 Å². The summed E-state index contributed by atoms with van der Waals surface area (Å²) in [5, 5.41) is 7.91. The number of nitrogens with zero attached hydrogens (tertiary/aromatic N) is 3. The molecule has 3 aromatic carbocycles. The Bertz CT molecular complexity index is 1450. The predicted molar refractivity (Wildman–Crippen MR) is 153 cm³/mol. The van der Waals surface area contributed by atoms with Crippen molar-refractivity contribution in [3.63, 3.8) is 0 Å². The first kappa shape index (κ1) is 26.9. The van der Waals surface area contributed by atoms with Crippen LogP contribution in [0.1, 0.15) is 59.1 Å². The summed E-state index contributed by atoms with van der Waals surface area (Å²) >= 11 is 0. The first-order valence-electron chi connectivity index (χ1n) is 12.9. The highest BCUT2D eigenvalue weighted by Gasteiger charge is 2.24. The van der Waals surface area contributed by atoms with Gasteiger partial charge in [-0.3, -0.25) is 9.59 Å². The number of hydrogen-bond acceptors (Lipinski definition) is 3. The number of rotatable bonds is 7. The zero-order valence-corrected chi connectivity index (χ0v) is 23.1. The molecule has 1 heterocycles. The third kappa shape index (κ3) is 6.20. The number of aryl methyl sites for hydroxylation is 3. The second-order valence-corrected chi connectivity index (χ2v) is 10.9. The van der Waals surface area contributed by atoms with Crippen LogP contribution in [0.15, 0.2) is 78.9 Å². The van der Waals surface area contributed by atoms with E-state index >= 15 is 0 Å². The van der Waals surface area contributed by atoms with Gasteiger partial charge in [-0.1, -0.05) is 87.0 Å². The van der Waals surface area contributed by atoms with E-state index < -0.39 is 0 Å². The lowest BCUT2D eigenvalue weighted by atomic mass is 9.92. The van der Waals surface area contributed by atoms with E-state index in [4.69, 9.17) is 5.10 Å². The molecule has 0 saturated heterocycles. The van der Waals surface area contributed by atoms with Crippen molar-refractivity contribution >= 4 is 17.6 Å². The molecule has 6 heteroatoms. The largest absolute Gasteiger partial charge is 0.325 e. The van der Waals surface area contributed by atoms with Crippen LogP contribution in [0.5, 0.6) is 0 Å². The van der Waals surface area contributed by atoms with Crippen LogP contribution in [0.3, 0.4) is 0 Å². The van der Waals surface area contributed by atoms with Crippen molar-refractivity contribution in [1.82, 2.24) is 14.7 Å². The maximum Gasteiger partial charge on any atom is 0.254 e. The van der Waals surface area contributed by atoms with E-state index in [1.165, 1.54) is 0 Å². The summed E-state index contributed by atoms with van der Waals surface area (Å²) < 4.78 is 1.79. The summed E-state index contributed by atoms with van der Waals surface area (Å²) in [6.45, 7) is 12.5. The summed E-state index contributed by atoms with van der Waals surface area (Å²) in [7, 11) is 0. The highest BCUT2D eigenvalue weighted by molar-refractivity contribution is 6.00. The summed E-state index contributed by atoms with van der Waals surface area (Å²) in [5.41, 5.74) is 6.20. The van der Waals surface area contributed by atoms with Crippen molar-refractivity contribution in [2.24, 2.45) is 0 Å². The molecule has 38 heavy (non-hydrogen) atoms. The molecule has 4 rings (SSSR count). The molecule has 4 aromatic rings.